The number of hydrogen-bond donors (Lipinski definition) is 0. The lowest BCUT2D eigenvalue weighted by Gasteiger charge is -2.27. The molecule has 0 bridgehead atoms. The van der Waals surface area contributed by atoms with Gasteiger partial charge in [-0.05, 0) is 85.9 Å². The second kappa shape index (κ2) is 17.6. The van der Waals surface area contributed by atoms with Crippen LogP contribution in [0.15, 0.2) is 94.9 Å². The molecule has 1 fully saturated rings. The largest absolute Gasteiger partial charge is 0.461 e. The van der Waals surface area contributed by atoms with Crippen molar-refractivity contribution < 1.29 is 28.2 Å². The van der Waals surface area contributed by atoms with Gasteiger partial charge in [0.25, 0.3) is 0 Å². The number of aryl methyl sites for hydroxylation is 1. The van der Waals surface area contributed by atoms with Gasteiger partial charge in [0.05, 0.1) is 19.1 Å². The highest BCUT2D eigenvalue weighted by Gasteiger charge is 2.45. The monoisotopic (exact) mass is 688 g/mol. The van der Waals surface area contributed by atoms with Crippen molar-refractivity contribution in [2.75, 3.05) is 13.2 Å². The lowest BCUT2D eigenvalue weighted by atomic mass is 9.86. The topological polar surface area (TPSA) is 75.0 Å². The number of esters is 2. The molecule has 1 aliphatic rings. The highest BCUT2D eigenvalue weighted by molar-refractivity contribution is 5.91. The van der Waals surface area contributed by atoms with Crippen LogP contribution in [0.5, 0.6) is 0 Å². The van der Waals surface area contributed by atoms with E-state index < -0.39 is 11.5 Å². The van der Waals surface area contributed by atoms with Crippen molar-refractivity contribution in [2.45, 2.75) is 85.9 Å². The molecule has 0 unspecified atom stereocenters. The highest BCUT2D eigenvalue weighted by Crippen LogP contribution is 2.34. The second-order valence-electron chi connectivity index (χ2n) is 15.1. The number of allylic oxidation sites excluding steroid dienone is 1. The fraction of sp³-hybridized carbons (Fsp3) is 0.422. The number of benzene rings is 3. The van der Waals surface area contributed by atoms with Crippen LogP contribution in [0.25, 0.3) is 11.0 Å². The average molecular weight is 689 g/mol. The number of carbonyl (C=O) groups excluding carboxylic acids is 2. The zero-order valence-corrected chi connectivity index (χ0v) is 31.0. The molecule has 6 nitrogen and oxygen atoms in total. The Labute approximate surface area is 303 Å². The molecule has 0 radical (unpaired) electrons. The Morgan fingerprint density at radius 3 is 2.27 bits per heavy atom. The lowest BCUT2D eigenvalue weighted by molar-refractivity contribution is -0.171. The fourth-order valence-electron chi connectivity index (χ4n) is 6.72. The quantitative estimate of drug-likeness (QED) is 0.0703. The van der Waals surface area contributed by atoms with E-state index in [1.54, 1.807) is 0 Å². The molecule has 2 heterocycles. The van der Waals surface area contributed by atoms with E-state index in [0.29, 0.717) is 48.5 Å². The van der Waals surface area contributed by atoms with Gasteiger partial charge in [-0.2, -0.15) is 0 Å². The van der Waals surface area contributed by atoms with Crippen LogP contribution in [-0.2, 0) is 36.8 Å². The number of furan rings is 1. The van der Waals surface area contributed by atoms with Crippen molar-refractivity contribution in [1.82, 2.24) is 0 Å². The molecule has 268 valence electrons. The second-order valence-corrected chi connectivity index (χ2v) is 15.1. The van der Waals surface area contributed by atoms with E-state index in [9.17, 15) is 9.59 Å². The van der Waals surface area contributed by atoms with Crippen LogP contribution in [0.4, 0.5) is 0 Å². The Kier molecular flexibility index (Phi) is 13.0. The SMILES string of the molecule is Cc1ccc(C#Cc2ccc3oc(C[C@H](C)C(=O)OC[C@]4(COCc5ccccc5)C/C(=C\CC(CC(C)C)CC(C)C)C(=O)O4)cc3c2)cc1. The van der Waals surface area contributed by atoms with Crippen LogP contribution < -0.4 is 0 Å². The van der Waals surface area contributed by atoms with Gasteiger partial charge in [0.2, 0.25) is 0 Å². The van der Waals surface area contributed by atoms with E-state index in [2.05, 4.69) is 58.6 Å². The first kappa shape index (κ1) is 37.7. The first-order chi connectivity index (χ1) is 24.5. The maximum Gasteiger partial charge on any atom is 0.334 e. The minimum Gasteiger partial charge on any atom is -0.461 e. The Bertz CT molecular complexity index is 1840. The number of fused-ring (bicyclic) bond motifs is 1. The van der Waals surface area contributed by atoms with Gasteiger partial charge in [0.1, 0.15) is 18.0 Å². The molecule has 0 spiro atoms. The number of carbonyl (C=O) groups is 2. The smallest absolute Gasteiger partial charge is 0.334 e. The molecule has 1 saturated heterocycles. The van der Waals surface area contributed by atoms with Gasteiger partial charge in [-0.25, -0.2) is 4.79 Å². The van der Waals surface area contributed by atoms with Crippen molar-refractivity contribution >= 4 is 22.9 Å². The minimum absolute atomic E-state index is 0.0847. The summed E-state index contributed by atoms with van der Waals surface area (Å²) in [5, 5.41) is 0.928. The first-order valence-electron chi connectivity index (χ1n) is 18.3. The molecule has 0 amide bonds. The van der Waals surface area contributed by atoms with E-state index in [4.69, 9.17) is 18.6 Å². The summed E-state index contributed by atoms with van der Waals surface area (Å²) in [5.41, 5.74) is 4.34. The van der Waals surface area contributed by atoms with Crippen LogP contribution in [0.2, 0.25) is 0 Å². The molecular formula is C45H52O6. The van der Waals surface area contributed by atoms with Crippen LogP contribution >= 0.6 is 0 Å². The maximum atomic E-state index is 13.4. The van der Waals surface area contributed by atoms with E-state index >= 15 is 0 Å². The molecule has 3 aromatic carbocycles. The summed E-state index contributed by atoms with van der Waals surface area (Å²) in [7, 11) is 0. The average Bonchev–Trinajstić information content (AvgIpc) is 3.64. The van der Waals surface area contributed by atoms with Crippen LogP contribution in [0.1, 0.15) is 88.3 Å². The van der Waals surface area contributed by atoms with Gasteiger partial charge < -0.3 is 18.6 Å². The zero-order valence-electron chi connectivity index (χ0n) is 31.0. The van der Waals surface area contributed by atoms with Crippen LogP contribution in [0, 0.1) is 42.4 Å². The van der Waals surface area contributed by atoms with E-state index in [1.807, 2.05) is 79.7 Å². The molecule has 2 atom stereocenters. The van der Waals surface area contributed by atoms with Crippen molar-refractivity contribution in [3.63, 3.8) is 0 Å². The predicted octanol–water partition coefficient (Wildman–Crippen LogP) is 9.79. The molecule has 4 aromatic rings. The summed E-state index contributed by atoms with van der Waals surface area (Å²) in [5.74, 6) is 7.56. The van der Waals surface area contributed by atoms with Gasteiger partial charge in [0, 0.05) is 34.9 Å². The van der Waals surface area contributed by atoms with Crippen LogP contribution in [0.3, 0.4) is 0 Å². The summed E-state index contributed by atoms with van der Waals surface area (Å²) in [6, 6.07) is 25.8. The molecular weight excluding hydrogens is 636 g/mol. The third-order valence-electron chi connectivity index (χ3n) is 9.23. The number of cyclic esters (lactones) is 1. The molecule has 0 saturated carbocycles. The number of rotatable bonds is 15. The molecule has 6 heteroatoms. The standard InChI is InChI=1S/C45H52O6/c1-31(2)22-38(23-32(3)4)18-20-39-27-45(51-44(39)47,29-48-28-37-10-8-7-9-11-37)30-49-43(46)34(6)24-41-26-40-25-36(19-21-42(40)50-41)17-16-35-14-12-33(5)13-15-35/h7-15,19-21,25-26,31-32,34,38H,18,22-24,27-30H2,1-6H3/b39-20+/t34-,45+/m0/s1. The van der Waals surface area contributed by atoms with Gasteiger partial charge in [-0.1, -0.05) is 101 Å². The normalized spacial score (nSPS) is 17.3. The van der Waals surface area contributed by atoms with Crippen molar-refractivity contribution in [3.05, 3.63) is 119 Å². The third kappa shape index (κ3) is 11.2. The first-order valence-corrected chi connectivity index (χ1v) is 18.3. The number of hydrogen-bond acceptors (Lipinski definition) is 6. The van der Waals surface area contributed by atoms with Crippen molar-refractivity contribution in [1.29, 1.82) is 0 Å². The van der Waals surface area contributed by atoms with Crippen molar-refractivity contribution in [2.24, 2.45) is 23.7 Å². The van der Waals surface area contributed by atoms with E-state index in [-0.39, 0.29) is 25.2 Å². The summed E-state index contributed by atoms with van der Waals surface area (Å²) in [6.45, 7) is 13.2. The van der Waals surface area contributed by atoms with Crippen LogP contribution in [-0.4, -0.2) is 30.8 Å². The van der Waals surface area contributed by atoms with Crippen molar-refractivity contribution in [3.8, 4) is 11.8 Å². The van der Waals surface area contributed by atoms with Gasteiger partial charge >= 0.3 is 11.9 Å². The lowest BCUT2D eigenvalue weighted by Crippen LogP contribution is -2.41. The van der Waals surface area contributed by atoms with E-state index in [0.717, 1.165) is 46.9 Å². The Morgan fingerprint density at radius 1 is 0.882 bits per heavy atom. The highest BCUT2D eigenvalue weighted by atomic mass is 16.6. The number of ether oxygens (including phenoxy) is 3. The Morgan fingerprint density at radius 2 is 1.57 bits per heavy atom. The molecule has 1 aromatic heterocycles. The summed E-state index contributed by atoms with van der Waals surface area (Å²) >= 11 is 0. The molecule has 1 aliphatic heterocycles. The summed E-state index contributed by atoms with van der Waals surface area (Å²) < 4.78 is 24.1. The molecule has 51 heavy (non-hydrogen) atoms. The molecule has 0 aliphatic carbocycles. The van der Waals surface area contributed by atoms with E-state index in [1.165, 1.54) is 5.56 Å². The summed E-state index contributed by atoms with van der Waals surface area (Å²) in [6.07, 6.45) is 5.77. The van der Waals surface area contributed by atoms with Gasteiger partial charge in [-0.3, -0.25) is 4.79 Å². The third-order valence-corrected chi connectivity index (χ3v) is 9.23. The Hall–Kier alpha value is -4.60. The van der Waals surface area contributed by atoms with Gasteiger partial charge in [0.15, 0.2) is 5.60 Å². The fourth-order valence-corrected chi connectivity index (χ4v) is 6.72. The maximum absolute atomic E-state index is 13.4. The van der Waals surface area contributed by atoms with Gasteiger partial charge in [-0.15, -0.1) is 0 Å². The summed E-state index contributed by atoms with van der Waals surface area (Å²) in [4.78, 5) is 26.6. The molecule has 5 rings (SSSR count). The predicted molar refractivity (Wildman–Crippen MR) is 202 cm³/mol. The molecule has 0 N–H and O–H groups in total. The minimum atomic E-state index is -1.09. The Balaban J connectivity index is 1.23. The zero-order chi connectivity index (χ0) is 36.4.